The van der Waals surface area contributed by atoms with Crippen LogP contribution in [0.2, 0.25) is 0 Å². The summed E-state index contributed by atoms with van der Waals surface area (Å²) >= 11 is 0. The van der Waals surface area contributed by atoms with Crippen molar-refractivity contribution in [1.82, 2.24) is 4.90 Å². The number of rotatable bonds is 9. The third-order valence-corrected chi connectivity index (χ3v) is 7.25. The fourth-order valence-corrected chi connectivity index (χ4v) is 6.00. The maximum absolute atomic E-state index is 13.9. The molecule has 6 atom stereocenters. The molecule has 3 aliphatic rings. The zero-order valence-corrected chi connectivity index (χ0v) is 20.2. The molecule has 34 heavy (non-hydrogen) atoms. The van der Waals surface area contributed by atoms with Crippen LogP contribution in [0.15, 0.2) is 24.3 Å². The number of carbonyl (C=O) groups excluding carboxylic acids is 3. The Bertz CT molecular complexity index is 934. The van der Waals surface area contributed by atoms with E-state index < -0.39 is 47.5 Å². The number of methoxy groups -OCH3 is 1. The molecule has 4 rings (SSSR count). The van der Waals surface area contributed by atoms with Crippen molar-refractivity contribution >= 4 is 23.5 Å². The summed E-state index contributed by atoms with van der Waals surface area (Å²) in [6.45, 7) is 5.64. The smallest absolute Gasteiger partial charge is 0.312 e. The van der Waals surface area contributed by atoms with Gasteiger partial charge in [0.15, 0.2) is 0 Å². The average Bonchev–Trinajstić information content (AvgIpc) is 3.45. The van der Waals surface area contributed by atoms with Gasteiger partial charge >= 0.3 is 5.97 Å². The van der Waals surface area contributed by atoms with Crippen LogP contribution in [0.4, 0.5) is 5.69 Å². The molecule has 3 heterocycles. The lowest BCUT2D eigenvalue weighted by molar-refractivity contribution is -0.155. The Labute approximate surface area is 199 Å². The first-order chi connectivity index (χ1) is 16.3. The minimum Gasteiger partial charge on any atom is -0.497 e. The van der Waals surface area contributed by atoms with Gasteiger partial charge < -0.3 is 29.5 Å². The third kappa shape index (κ3) is 3.94. The van der Waals surface area contributed by atoms with E-state index in [-0.39, 0.29) is 25.0 Å². The molecule has 1 aromatic carbocycles. The van der Waals surface area contributed by atoms with Crippen molar-refractivity contribution in [1.29, 1.82) is 0 Å². The Morgan fingerprint density at radius 2 is 2.00 bits per heavy atom. The molecule has 0 radical (unpaired) electrons. The predicted octanol–water partition coefficient (Wildman–Crippen LogP) is 1.98. The zero-order valence-electron chi connectivity index (χ0n) is 20.2. The minimum absolute atomic E-state index is 0.186. The highest BCUT2D eigenvalue weighted by Gasteiger charge is 2.75. The Kier molecular flexibility index (Phi) is 6.87. The monoisotopic (exact) mass is 474 g/mol. The maximum atomic E-state index is 13.9. The summed E-state index contributed by atoms with van der Waals surface area (Å²) in [7, 11) is 1.56. The summed E-state index contributed by atoms with van der Waals surface area (Å²) in [4.78, 5) is 41.9. The second-order valence-electron chi connectivity index (χ2n) is 9.74. The van der Waals surface area contributed by atoms with Gasteiger partial charge in [-0.05, 0) is 56.4 Å². The fraction of sp³-hybridized carbons (Fsp3) is 0.640. The van der Waals surface area contributed by atoms with Crippen LogP contribution in [0.5, 0.6) is 5.75 Å². The van der Waals surface area contributed by atoms with E-state index in [1.165, 1.54) is 4.90 Å². The lowest BCUT2D eigenvalue weighted by Crippen LogP contribution is -2.56. The summed E-state index contributed by atoms with van der Waals surface area (Å²) in [6.07, 6.45) is 1.12. The molecule has 1 spiro atoms. The number of carbonyl (C=O) groups is 3. The normalized spacial score (nSPS) is 30.4. The van der Waals surface area contributed by atoms with E-state index in [0.717, 1.165) is 0 Å². The van der Waals surface area contributed by atoms with Crippen LogP contribution in [0.1, 0.15) is 40.0 Å². The first kappa shape index (κ1) is 24.5. The largest absolute Gasteiger partial charge is 0.497 e. The van der Waals surface area contributed by atoms with Gasteiger partial charge in [0.05, 0.1) is 44.3 Å². The quantitative estimate of drug-likeness (QED) is 0.526. The molecule has 1 aromatic rings. The van der Waals surface area contributed by atoms with Crippen LogP contribution < -0.4 is 10.1 Å². The molecule has 9 nitrogen and oxygen atoms in total. The van der Waals surface area contributed by atoms with Crippen LogP contribution >= 0.6 is 0 Å². The van der Waals surface area contributed by atoms with E-state index in [4.69, 9.17) is 14.2 Å². The summed E-state index contributed by atoms with van der Waals surface area (Å²) < 4.78 is 16.8. The van der Waals surface area contributed by atoms with E-state index in [1.54, 1.807) is 38.3 Å². The van der Waals surface area contributed by atoms with Gasteiger partial charge in [-0.1, -0.05) is 13.8 Å². The number of amides is 2. The molecule has 2 bridgehead atoms. The highest BCUT2D eigenvalue weighted by atomic mass is 16.6. The molecule has 2 amide bonds. The Hall–Kier alpha value is -2.65. The highest BCUT2D eigenvalue weighted by molar-refractivity contribution is 6.03. The predicted molar refractivity (Wildman–Crippen MR) is 123 cm³/mol. The molecule has 0 unspecified atom stereocenters. The molecule has 3 fully saturated rings. The van der Waals surface area contributed by atoms with E-state index >= 15 is 0 Å². The summed E-state index contributed by atoms with van der Waals surface area (Å²) in [5.74, 6) is -1.90. The van der Waals surface area contributed by atoms with Crippen molar-refractivity contribution in [3.05, 3.63) is 24.3 Å². The van der Waals surface area contributed by atoms with Gasteiger partial charge in [0.2, 0.25) is 11.8 Å². The highest BCUT2D eigenvalue weighted by Crippen LogP contribution is 2.59. The number of nitrogens with zero attached hydrogens (tertiary/aromatic N) is 1. The Balaban J connectivity index is 1.71. The maximum Gasteiger partial charge on any atom is 0.312 e. The second-order valence-corrected chi connectivity index (χ2v) is 9.74. The number of likely N-dealkylation sites (tertiary alicyclic amines) is 1. The van der Waals surface area contributed by atoms with Crippen LogP contribution in [0.25, 0.3) is 0 Å². The Morgan fingerprint density at radius 1 is 1.29 bits per heavy atom. The van der Waals surface area contributed by atoms with E-state index in [0.29, 0.717) is 30.7 Å². The first-order valence-electron chi connectivity index (χ1n) is 12.0. The number of hydrogen-bond acceptors (Lipinski definition) is 7. The minimum atomic E-state index is -1.12. The Morgan fingerprint density at radius 3 is 2.59 bits per heavy atom. The second kappa shape index (κ2) is 9.54. The van der Waals surface area contributed by atoms with Gasteiger partial charge in [0, 0.05) is 5.69 Å². The third-order valence-electron chi connectivity index (χ3n) is 7.25. The summed E-state index contributed by atoms with van der Waals surface area (Å²) in [5, 5.41) is 13.1. The molecular weight excluding hydrogens is 440 g/mol. The number of ether oxygens (including phenoxy) is 3. The van der Waals surface area contributed by atoms with Gasteiger partial charge in [-0.3, -0.25) is 14.4 Å². The van der Waals surface area contributed by atoms with Gasteiger partial charge in [-0.25, -0.2) is 0 Å². The van der Waals surface area contributed by atoms with Gasteiger partial charge in [-0.2, -0.15) is 0 Å². The fourth-order valence-electron chi connectivity index (χ4n) is 6.00. The number of esters is 1. The van der Waals surface area contributed by atoms with Crippen LogP contribution in [-0.4, -0.2) is 71.9 Å². The molecular formula is C25H34N2O7. The molecule has 3 saturated heterocycles. The lowest BCUT2D eigenvalue weighted by Gasteiger charge is -2.37. The molecule has 3 aliphatic heterocycles. The molecule has 0 aromatic heterocycles. The average molecular weight is 475 g/mol. The van der Waals surface area contributed by atoms with Crippen LogP contribution in [0, 0.1) is 17.8 Å². The van der Waals surface area contributed by atoms with Crippen molar-refractivity contribution in [3.8, 4) is 5.75 Å². The standard InChI is InChI=1S/C25H34N2O7/c1-5-33-24(31)19-18-10-11-25(34-18)20(19)23(30)27(16(13-28)12-14(2)3)21(25)22(29)26-15-6-8-17(32-4)9-7-15/h6-9,14,16,18-21,28H,5,10-13H2,1-4H3,(H,26,29)/t16-,18+,19-,20-,21+,25-/m1/s1. The number of hydrogen-bond donors (Lipinski definition) is 2. The number of aliphatic hydroxyl groups excluding tert-OH is 1. The van der Waals surface area contributed by atoms with Crippen molar-refractivity contribution in [2.24, 2.45) is 17.8 Å². The summed E-state index contributed by atoms with van der Waals surface area (Å²) in [5.41, 5.74) is -0.572. The van der Waals surface area contributed by atoms with E-state index in [1.807, 2.05) is 13.8 Å². The topological polar surface area (TPSA) is 114 Å². The lowest BCUT2D eigenvalue weighted by atomic mass is 9.70. The number of anilines is 1. The number of fused-ring (bicyclic) bond motifs is 1. The van der Waals surface area contributed by atoms with E-state index in [2.05, 4.69) is 5.32 Å². The molecule has 0 aliphatic carbocycles. The molecule has 9 heteroatoms. The van der Waals surface area contributed by atoms with Crippen molar-refractivity contribution in [2.45, 2.75) is 63.8 Å². The molecule has 186 valence electrons. The zero-order chi connectivity index (χ0) is 24.6. The number of aliphatic hydroxyl groups is 1. The number of benzene rings is 1. The van der Waals surface area contributed by atoms with Crippen LogP contribution in [0.3, 0.4) is 0 Å². The van der Waals surface area contributed by atoms with Crippen molar-refractivity contribution in [2.75, 3.05) is 25.6 Å². The van der Waals surface area contributed by atoms with Crippen molar-refractivity contribution in [3.63, 3.8) is 0 Å². The van der Waals surface area contributed by atoms with E-state index in [9.17, 15) is 19.5 Å². The van der Waals surface area contributed by atoms with Gasteiger partial charge in [-0.15, -0.1) is 0 Å². The SMILES string of the molecule is CCOC(=O)[C@@H]1[C@@H]2CC[C@]3(O2)[C@H](C(=O)Nc2ccc(OC)cc2)N([C@@H](CO)CC(C)C)C(=O)[C@@H]13. The number of nitrogens with one attached hydrogen (secondary N) is 1. The molecule has 0 saturated carbocycles. The van der Waals surface area contributed by atoms with Crippen LogP contribution in [-0.2, 0) is 23.9 Å². The molecule has 2 N–H and O–H groups in total. The first-order valence-corrected chi connectivity index (χ1v) is 12.0. The summed E-state index contributed by atoms with van der Waals surface area (Å²) in [6, 6.07) is 5.38. The van der Waals surface area contributed by atoms with Crippen molar-refractivity contribution < 1.29 is 33.7 Å². The van der Waals surface area contributed by atoms with Gasteiger partial charge in [0.1, 0.15) is 17.4 Å². The van der Waals surface area contributed by atoms with Gasteiger partial charge in [0.25, 0.3) is 0 Å².